The Morgan fingerprint density at radius 1 is 1.22 bits per heavy atom. The third-order valence-electron chi connectivity index (χ3n) is 3.19. The average molecular weight is 242 g/mol. The molecule has 0 aliphatic carbocycles. The summed E-state index contributed by atoms with van der Waals surface area (Å²) < 4.78 is 2.08. The zero-order chi connectivity index (χ0) is 12.5. The summed E-state index contributed by atoms with van der Waals surface area (Å²) in [5.41, 5.74) is 6.95. The van der Waals surface area contributed by atoms with Gasteiger partial charge in [-0.3, -0.25) is 4.79 Å². The van der Waals surface area contributed by atoms with Crippen molar-refractivity contribution >= 4 is 11.6 Å². The Kier molecular flexibility index (Phi) is 2.51. The molecule has 3 rings (SSSR count). The second-order valence-corrected chi connectivity index (χ2v) is 4.39. The fourth-order valence-corrected chi connectivity index (χ4v) is 2.16. The highest BCUT2D eigenvalue weighted by atomic mass is 16.2. The molecule has 1 aromatic carbocycles. The van der Waals surface area contributed by atoms with Crippen LogP contribution in [0, 0.1) is 0 Å². The number of amides is 1. The third kappa shape index (κ3) is 1.84. The van der Waals surface area contributed by atoms with Gasteiger partial charge in [0.2, 0.25) is 0 Å². The van der Waals surface area contributed by atoms with Crippen molar-refractivity contribution in [2.75, 3.05) is 12.3 Å². The first-order valence-corrected chi connectivity index (χ1v) is 5.89. The largest absolute Gasteiger partial charge is 0.399 e. The van der Waals surface area contributed by atoms with Crippen LogP contribution in [-0.4, -0.2) is 26.9 Å². The molecule has 0 bridgehead atoms. The van der Waals surface area contributed by atoms with Crippen molar-refractivity contribution in [1.82, 2.24) is 14.5 Å². The summed E-state index contributed by atoms with van der Waals surface area (Å²) in [5, 5.41) is 0. The highest BCUT2D eigenvalue weighted by Crippen LogP contribution is 2.14. The number of aromatic nitrogens is 2. The van der Waals surface area contributed by atoms with Gasteiger partial charge in [-0.15, -0.1) is 0 Å². The zero-order valence-corrected chi connectivity index (χ0v) is 9.91. The molecule has 0 fully saturated rings. The average Bonchev–Trinajstić information content (AvgIpc) is 2.86. The maximum Gasteiger partial charge on any atom is 0.254 e. The molecular formula is C13H14N4O. The molecule has 0 radical (unpaired) electrons. The van der Waals surface area contributed by atoms with E-state index in [1.54, 1.807) is 30.5 Å². The van der Waals surface area contributed by atoms with Crippen LogP contribution in [-0.2, 0) is 13.1 Å². The number of hydrogen-bond acceptors (Lipinski definition) is 3. The molecular weight excluding hydrogens is 228 g/mol. The Bertz CT molecular complexity index is 573. The predicted molar refractivity (Wildman–Crippen MR) is 67.8 cm³/mol. The quantitative estimate of drug-likeness (QED) is 0.762. The van der Waals surface area contributed by atoms with Crippen LogP contribution < -0.4 is 5.73 Å². The Labute approximate surface area is 105 Å². The van der Waals surface area contributed by atoms with Gasteiger partial charge in [-0.05, 0) is 24.3 Å². The number of hydrogen-bond donors (Lipinski definition) is 1. The molecule has 2 N–H and O–H groups in total. The van der Waals surface area contributed by atoms with Crippen LogP contribution in [0.1, 0.15) is 16.2 Å². The minimum Gasteiger partial charge on any atom is -0.399 e. The normalized spacial score (nSPS) is 14.3. The molecule has 1 aliphatic heterocycles. The van der Waals surface area contributed by atoms with Crippen molar-refractivity contribution in [1.29, 1.82) is 0 Å². The number of carbonyl (C=O) groups is 1. The number of benzene rings is 1. The molecule has 92 valence electrons. The number of nitrogen functional groups attached to an aromatic ring is 1. The van der Waals surface area contributed by atoms with E-state index in [0.717, 1.165) is 12.4 Å². The van der Waals surface area contributed by atoms with Crippen LogP contribution in [0.5, 0.6) is 0 Å². The molecule has 0 spiro atoms. The Balaban J connectivity index is 1.80. The van der Waals surface area contributed by atoms with E-state index in [4.69, 9.17) is 5.73 Å². The number of imidazole rings is 1. The van der Waals surface area contributed by atoms with Crippen molar-refractivity contribution in [3.05, 3.63) is 48.0 Å². The van der Waals surface area contributed by atoms with Crippen molar-refractivity contribution in [2.24, 2.45) is 0 Å². The number of nitrogens with two attached hydrogens (primary N) is 1. The second-order valence-electron chi connectivity index (χ2n) is 4.39. The molecule has 5 nitrogen and oxygen atoms in total. The van der Waals surface area contributed by atoms with Gasteiger partial charge in [0.25, 0.3) is 5.91 Å². The van der Waals surface area contributed by atoms with E-state index < -0.39 is 0 Å². The summed E-state index contributed by atoms with van der Waals surface area (Å²) in [5.74, 6) is 0.967. The van der Waals surface area contributed by atoms with Crippen molar-refractivity contribution < 1.29 is 4.79 Å². The Morgan fingerprint density at radius 2 is 2.00 bits per heavy atom. The number of nitrogens with zero attached hydrogens (tertiary/aromatic N) is 3. The van der Waals surface area contributed by atoms with E-state index in [0.29, 0.717) is 24.3 Å². The van der Waals surface area contributed by atoms with Crippen LogP contribution in [0.25, 0.3) is 0 Å². The molecule has 1 aliphatic rings. The van der Waals surface area contributed by atoms with E-state index in [1.807, 2.05) is 11.1 Å². The van der Waals surface area contributed by atoms with E-state index in [-0.39, 0.29) is 5.91 Å². The molecule has 0 unspecified atom stereocenters. The number of anilines is 1. The van der Waals surface area contributed by atoms with Gasteiger partial charge in [-0.2, -0.15) is 0 Å². The molecule has 0 saturated carbocycles. The lowest BCUT2D eigenvalue weighted by Gasteiger charge is -2.27. The summed E-state index contributed by atoms with van der Waals surface area (Å²) in [6.45, 7) is 2.08. The molecule has 1 aromatic heterocycles. The third-order valence-corrected chi connectivity index (χ3v) is 3.19. The van der Waals surface area contributed by atoms with E-state index in [2.05, 4.69) is 9.55 Å². The molecule has 2 aromatic rings. The van der Waals surface area contributed by atoms with Gasteiger partial charge in [0.15, 0.2) is 0 Å². The van der Waals surface area contributed by atoms with Crippen LogP contribution in [0.15, 0.2) is 36.7 Å². The van der Waals surface area contributed by atoms with Crippen LogP contribution in [0.2, 0.25) is 0 Å². The lowest BCUT2D eigenvalue weighted by Crippen LogP contribution is -2.38. The molecule has 1 amide bonds. The summed E-state index contributed by atoms with van der Waals surface area (Å²) >= 11 is 0. The maximum atomic E-state index is 12.3. The standard InChI is InChI=1S/C13H14N4O/c14-11-3-1-10(2-4-11)13(18)17-8-7-16-6-5-15-12(16)9-17/h1-6H,7-9,14H2. The van der Waals surface area contributed by atoms with Crippen LogP contribution in [0.3, 0.4) is 0 Å². The number of carbonyl (C=O) groups excluding carboxylic acids is 1. The lowest BCUT2D eigenvalue weighted by molar-refractivity contribution is 0.0707. The first kappa shape index (κ1) is 10.8. The first-order valence-electron chi connectivity index (χ1n) is 5.89. The topological polar surface area (TPSA) is 64.2 Å². The predicted octanol–water partition coefficient (Wildman–Crippen LogP) is 1.12. The van der Waals surface area contributed by atoms with Gasteiger partial charge < -0.3 is 15.2 Å². The van der Waals surface area contributed by atoms with Gasteiger partial charge in [0.1, 0.15) is 5.82 Å². The fraction of sp³-hybridized carbons (Fsp3) is 0.231. The lowest BCUT2D eigenvalue weighted by atomic mass is 10.1. The minimum absolute atomic E-state index is 0.0317. The SMILES string of the molecule is Nc1ccc(C(=O)N2CCn3ccnc3C2)cc1. The fourth-order valence-electron chi connectivity index (χ4n) is 2.16. The van der Waals surface area contributed by atoms with Gasteiger partial charge in [0, 0.05) is 36.7 Å². The number of fused-ring (bicyclic) bond motifs is 1. The first-order chi connectivity index (χ1) is 8.74. The summed E-state index contributed by atoms with van der Waals surface area (Å²) in [4.78, 5) is 18.4. The van der Waals surface area contributed by atoms with Crippen LogP contribution >= 0.6 is 0 Å². The van der Waals surface area contributed by atoms with Gasteiger partial charge in [-0.1, -0.05) is 0 Å². The van der Waals surface area contributed by atoms with Crippen molar-refractivity contribution in [3.63, 3.8) is 0 Å². The van der Waals surface area contributed by atoms with E-state index >= 15 is 0 Å². The summed E-state index contributed by atoms with van der Waals surface area (Å²) in [6.07, 6.45) is 3.72. The summed E-state index contributed by atoms with van der Waals surface area (Å²) in [7, 11) is 0. The minimum atomic E-state index is 0.0317. The monoisotopic (exact) mass is 242 g/mol. The Morgan fingerprint density at radius 3 is 2.78 bits per heavy atom. The maximum absolute atomic E-state index is 12.3. The molecule has 18 heavy (non-hydrogen) atoms. The van der Waals surface area contributed by atoms with Crippen molar-refractivity contribution in [2.45, 2.75) is 13.1 Å². The van der Waals surface area contributed by atoms with E-state index in [9.17, 15) is 4.79 Å². The Hall–Kier alpha value is -2.30. The smallest absolute Gasteiger partial charge is 0.254 e. The molecule has 0 saturated heterocycles. The summed E-state index contributed by atoms with van der Waals surface area (Å²) in [6, 6.07) is 7.02. The molecule has 5 heteroatoms. The highest BCUT2D eigenvalue weighted by Gasteiger charge is 2.21. The zero-order valence-electron chi connectivity index (χ0n) is 9.91. The van der Waals surface area contributed by atoms with Crippen LogP contribution in [0.4, 0.5) is 5.69 Å². The van der Waals surface area contributed by atoms with Gasteiger partial charge in [0.05, 0.1) is 6.54 Å². The van der Waals surface area contributed by atoms with E-state index in [1.165, 1.54) is 0 Å². The van der Waals surface area contributed by atoms with Crippen molar-refractivity contribution in [3.8, 4) is 0 Å². The highest BCUT2D eigenvalue weighted by molar-refractivity contribution is 5.94. The number of rotatable bonds is 1. The molecule has 0 atom stereocenters. The van der Waals surface area contributed by atoms with Gasteiger partial charge >= 0.3 is 0 Å². The second kappa shape index (κ2) is 4.18. The van der Waals surface area contributed by atoms with Gasteiger partial charge in [-0.25, -0.2) is 4.98 Å². The molecule has 2 heterocycles.